The molecule has 6 nitrogen and oxygen atoms in total. The Bertz CT molecular complexity index is 563. The van der Waals surface area contributed by atoms with Crippen LogP contribution in [0.1, 0.15) is 37.0 Å². The highest BCUT2D eigenvalue weighted by Gasteiger charge is 2.12. The molecule has 1 amide bonds. The summed E-state index contributed by atoms with van der Waals surface area (Å²) in [6, 6.07) is 3.36. The molecular weight excluding hydrogens is 268 g/mol. The average molecular weight is 288 g/mol. The lowest BCUT2D eigenvalue weighted by Crippen LogP contribution is -2.43. The first-order chi connectivity index (χ1) is 10.2. The Kier molecular flexibility index (Phi) is 5.45. The number of amides is 1. The van der Waals surface area contributed by atoms with Gasteiger partial charge in [0.1, 0.15) is 12.0 Å². The van der Waals surface area contributed by atoms with E-state index in [1.165, 1.54) is 6.26 Å². The van der Waals surface area contributed by atoms with E-state index in [0.29, 0.717) is 17.1 Å². The molecule has 0 atom stereocenters. The zero-order valence-corrected chi connectivity index (χ0v) is 12.4. The molecule has 2 heterocycles. The number of carbonyl (C=O) groups excluding carboxylic acids is 1. The minimum absolute atomic E-state index is 0.146. The summed E-state index contributed by atoms with van der Waals surface area (Å²) in [6.07, 6.45) is 6.58. The summed E-state index contributed by atoms with van der Waals surface area (Å²) in [5.41, 5.74) is 4.01. The fourth-order valence-electron chi connectivity index (χ4n) is 2.01. The van der Waals surface area contributed by atoms with Crippen molar-refractivity contribution in [3.8, 4) is 11.6 Å². The van der Waals surface area contributed by atoms with Crippen molar-refractivity contribution in [1.82, 2.24) is 20.4 Å². The van der Waals surface area contributed by atoms with Crippen LogP contribution in [0.2, 0.25) is 0 Å². The van der Waals surface area contributed by atoms with Crippen molar-refractivity contribution in [2.45, 2.75) is 26.7 Å². The van der Waals surface area contributed by atoms with Crippen molar-refractivity contribution in [3.05, 3.63) is 36.4 Å². The van der Waals surface area contributed by atoms with E-state index in [0.717, 1.165) is 25.9 Å². The summed E-state index contributed by atoms with van der Waals surface area (Å²) < 4.78 is 5.20. The van der Waals surface area contributed by atoms with Crippen LogP contribution in [-0.4, -0.2) is 34.0 Å². The van der Waals surface area contributed by atoms with Crippen LogP contribution in [0.4, 0.5) is 0 Å². The van der Waals surface area contributed by atoms with Gasteiger partial charge in [-0.05, 0) is 25.0 Å². The second-order valence-electron chi connectivity index (χ2n) is 4.69. The van der Waals surface area contributed by atoms with E-state index in [9.17, 15) is 4.79 Å². The molecule has 0 saturated heterocycles. The maximum atomic E-state index is 12.3. The van der Waals surface area contributed by atoms with Gasteiger partial charge in [-0.15, -0.1) is 0 Å². The number of hydrazine groups is 1. The number of oxazole rings is 1. The predicted octanol–water partition coefficient (Wildman–Crippen LogP) is 2.50. The van der Waals surface area contributed by atoms with Gasteiger partial charge in [-0.2, -0.15) is 0 Å². The highest BCUT2D eigenvalue weighted by Crippen LogP contribution is 2.15. The monoisotopic (exact) mass is 288 g/mol. The van der Waals surface area contributed by atoms with Gasteiger partial charge in [0, 0.05) is 24.8 Å². The molecule has 6 heteroatoms. The molecule has 1 N–H and O–H groups in total. The molecule has 21 heavy (non-hydrogen) atoms. The molecular formula is C15H20N4O2. The maximum absolute atomic E-state index is 12.3. The Labute approximate surface area is 124 Å². The topological polar surface area (TPSA) is 71.3 Å². The van der Waals surface area contributed by atoms with E-state index in [1.807, 2.05) is 5.01 Å². The number of rotatable bonds is 7. The SMILES string of the molecule is CCCN(CCC)NC(=O)c1ccnc(-c2ncco2)c1. The van der Waals surface area contributed by atoms with Gasteiger partial charge >= 0.3 is 0 Å². The summed E-state index contributed by atoms with van der Waals surface area (Å²) in [5.74, 6) is 0.260. The van der Waals surface area contributed by atoms with Crippen LogP contribution in [0.3, 0.4) is 0 Å². The van der Waals surface area contributed by atoms with E-state index in [4.69, 9.17) is 4.42 Å². The molecule has 0 aliphatic heterocycles. The highest BCUT2D eigenvalue weighted by molar-refractivity contribution is 5.94. The van der Waals surface area contributed by atoms with Gasteiger partial charge in [0.15, 0.2) is 0 Å². The quantitative estimate of drug-likeness (QED) is 0.793. The molecule has 0 unspecified atom stereocenters. The van der Waals surface area contributed by atoms with Crippen molar-refractivity contribution >= 4 is 5.91 Å². The molecule has 2 aromatic heterocycles. The fraction of sp³-hybridized carbons (Fsp3) is 0.400. The Morgan fingerprint density at radius 2 is 2.00 bits per heavy atom. The molecule has 0 spiro atoms. The summed E-state index contributed by atoms with van der Waals surface area (Å²) in [6.45, 7) is 5.83. The van der Waals surface area contributed by atoms with Crippen molar-refractivity contribution in [3.63, 3.8) is 0 Å². The van der Waals surface area contributed by atoms with Crippen LogP contribution >= 0.6 is 0 Å². The Morgan fingerprint density at radius 1 is 1.24 bits per heavy atom. The number of nitrogens with one attached hydrogen (secondary N) is 1. The largest absolute Gasteiger partial charge is 0.443 e. The average Bonchev–Trinajstić information content (AvgIpc) is 3.02. The van der Waals surface area contributed by atoms with Crippen molar-refractivity contribution in [2.75, 3.05) is 13.1 Å². The minimum Gasteiger partial charge on any atom is -0.443 e. The maximum Gasteiger partial charge on any atom is 0.265 e. The zero-order chi connectivity index (χ0) is 15.1. The molecule has 0 saturated carbocycles. The second kappa shape index (κ2) is 7.54. The fourth-order valence-corrected chi connectivity index (χ4v) is 2.01. The van der Waals surface area contributed by atoms with E-state index < -0.39 is 0 Å². The number of carbonyl (C=O) groups is 1. The first-order valence-electron chi connectivity index (χ1n) is 7.16. The molecule has 2 aromatic rings. The van der Waals surface area contributed by atoms with E-state index in [2.05, 4.69) is 29.2 Å². The molecule has 2 rings (SSSR count). The molecule has 0 bridgehead atoms. The number of hydrogen-bond acceptors (Lipinski definition) is 5. The van der Waals surface area contributed by atoms with Gasteiger partial charge in [0.25, 0.3) is 5.91 Å². The predicted molar refractivity (Wildman–Crippen MR) is 79.4 cm³/mol. The zero-order valence-electron chi connectivity index (χ0n) is 12.4. The smallest absolute Gasteiger partial charge is 0.265 e. The number of pyridine rings is 1. The number of nitrogens with zero attached hydrogens (tertiary/aromatic N) is 3. The van der Waals surface area contributed by atoms with Crippen LogP contribution in [0.5, 0.6) is 0 Å². The van der Waals surface area contributed by atoms with Gasteiger partial charge in [0.2, 0.25) is 5.89 Å². The molecule has 112 valence electrons. The summed E-state index contributed by atoms with van der Waals surface area (Å²) in [7, 11) is 0. The minimum atomic E-state index is -0.146. The molecule has 0 aromatic carbocycles. The van der Waals surface area contributed by atoms with Crippen molar-refractivity contribution in [2.24, 2.45) is 0 Å². The van der Waals surface area contributed by atoms with Gasteiger partial charge < -0.3 is 4.42 Å². The second-order valence-corrected chi connectivity index (χ2v) is 4.69. The van der Waals surface area contributed by atoms with Gasteiger partial charge in [0.05, 0.1) is 6.20 Å². The molecule has 0 aliphatic rings. The Morgan fingerprint density at radius 3 is 2.62 bits per heavy atom. The van der Waals surface area contributed by atoms with Crippen LogP contribution in [0, 0.1) is 0 Å². The van der Waals surface area contributed by atoms with Gasteiger partial charge in [-0.25, -0.2) is 9.99 Å². The van der Waals surface area contributed by atoms with Crippen molar-refractivity contribution < 1.29 is 9.21 Å². The first kappa shape index (κ1) is 15.2. The van der Waals surface area contributed by atoms with Crippen LogP contribution in [0.25, 0.3) is 11.6 Å². The Hall–Kier alpha value is -2.21. The molecule has 0 radical (unpaired) electrons. The standard InChI is InChI=1S/C15H20N4O2/c1-3-8-19(9-4-2)18-14(20)12-5-6-16-13(11-12)15-17-7-10-21-15/h5-7,10-11H,3-4,8-9H2,1-2H3,(H,18,20). The lowest BCUT2D eigenvalue weighted by Gasteiger charge is -2.21. The highest BCUT2D eigenvalue weighted by atomic mass is 16.3. The third kappa shape index (κ3) is 4.13. The normalized spacial score (nSPS) is 10.8. The lowest BCUT2D eigenvalue weighted by molar-refractivity contribution is 0.0788. The summed E-state index contributed by atoms with van der Waals surface area (Å²) in [5, 5.41) is 1.94. The van der Waals surface area contributed by atoms with Gasteiger partial charge in [-0.3, -0.25) is 15.2 Å². The number of hydrogen-bond donors (Lipinski definition) is 1. The van der Waals surface area contributed by atoms with E-state index in [-0.39, 0.29) is 5.91 Å². The summed E-state index contributed by atoms with van der Waals surface area (Å²) >= 11 is 0. The first-order valence-corrected chi connectivity index (χ1v) is 7.16. The third-order valence-electron chi connectivity index (χ3n) is 2.92. The molecule has 0 fully saturated rings. The third-order valence-corrected chi connectivity index (χ3v) is 2.92. The van der Waals surface area contributed by atoms with Crippen LogP contribution in [0.15, 0.2) is 35.2 Å². The lowest BCUT2D eigenvalue weighted by atomic mass is 10.2. The Balaban J connectivity index is 2.10. The summed E-state index contributed by atoms with van der Waals surface area (Å²) in [4.78, 5) is 20.5. The van der Waals surface area contributed by atoms with Crippen LogP contribution < -0.4 is 5.43 Å². The number of aromatic nitrogens is 2. The van der Waals surface area contributed by atoms with Crippen LogP contribution in [-0.2, 0) is 0 Å². The van der Waals surface area contributed by atoms with E-state index in [1.54, 1.807) is 24.5 Å². The molecule has 0 aliphatic carbocycles. The van der Waals surface area contributed by atoms with Gasteiger partial charge in [-0.1, -0.05) is 13.8 Å². The van der Waals surface area contributed by atoms with E-state index >= 15 is 0 Å². The van der Waals surface area contributed by atoms with Crippen molar-refractivity contribution in [1.29, 1.82) is 0 Å².